The Hall–Kier alpha value is -2.16. The summed E-state index contributed by atoms with van der Waals surface area (Å²) < 4.78 is 5.06. The third kappa shape index (κ3) is 1.29. The van der Waals surface area contributed by atoms with Crippen LogP contribution in [0.25, 0.3) is 21.8 Å². The van der Waals surface area contributed by atoms with Crippen molar-refractivity contribution in [1.82, 2.24) is 9.97 Å². The topological polar surface area (TPSA) is 35.0 Å². The highest BCUT2D eigenvalue weighted by Crippen LogP contribution is 2.23. The molecule has 3 nitrogen and oxygen atoms in total. The van der Waals surface area contributed by atoms with Gasteiger partial charge < -0.3 is 4.74 Å². The molecule has 3 heteroatoms. The third-order valence-corrected chi connectivity index (χ3v) is 2.62. The summed E-state index contributed by atoms with van der Waals surface area (Å²) in [6.45, 7) is 0. The minimum atomic E-state index is 0.544. The van der Waals surface area contributed by atoms with Gasteiger partial charge in [0, 0.05) is 5.39 Å². The highest BCUT2D eigenvalue weighted by molar-refractivity contribution is 6.03. The summed E-state index contributed by atoms with van der Waals surface area (Å²) in [7, 11) is 1.59. The van der Waals surface area contributed by atoms with E-state index < -0.39 is 0 Å². The standard InChI is InChI=1S/C13H10N2O/c1-16-12-8-14-13-10-5-3-2-4-9(10)6-7-11(13)15-12/h2-8H,1H3. The Morgan fingerprint density at radius 3 is 2.81 bits per heavy atom. The number of rotatable bonds is 1. The van der Waals surface area contributed by atoms with Crippen LogP contribution >= 0.6 is 0 Å². The molecule has 1 heterocycles. The van der Waals surface area contributed by atoms with E-state index in [4.69, 9.17) is 4.74 Å². The van der Waals surface area contributed by atoms with Crippen molar-refractivity contribution in [2.75, 3.05) is 7.11 Å². The number of hydrogen-bond donors (Lipinski definition) is 0. The first-order valence-electron chi connectivity index (χ1n) is 5.07. The van der Waals surface area contributed by atoms with Crippen molar-refractivity contribution in [2.45, 2.75) is 0 Å². The van der Waals surface area contributed by atoms with Crippen molar-refractivity contribution in [2.24, 2.45) is 0 Å². The molecule has 0 saturated carbocycles. The van der Waals surface area contributed by atoms with E-state index in [1.54, 1.807) is 13.3 Å². The SMILES string of the molecule is COc1cnc2c(ccc3ccccc32)n1. The second kappa shape index (κ2) is 3.45. The second-order valence-electron chi connectivity index (χ2n) is 3.57. The molecule has 0 atom stereocenters. The Morgan fingerprint density at radius 2 is 1.94 bits per heavy atom. The van der Waals surface area contributed by atoms with Gasteiger partial charge in [0.25, 0.3) is 0 Å². The number of methoxy groups -OCH3 is 1. The highest BCUT2D eigenvalue weighted by atomic mass is 16.5. The van der Waals surface area contributed by atoms with Gasteiger partial charge in [0.1, 0.15) is 0 Å². The predicted octanol–water partition coefficient (Wildman–Crippen LogP) is 2.79. The minimum absolute atomic E-state index is 0.544. The third-order valence-electron chi connectivity index (χ3n) is 2.62. The Labute approximate surface area is 92.7 Å². The lowest BCUT2D eigenvalue weighted by Crippen LogP contribution is -1.90. The quantitative estimate of drug-likeness (QED) is 0.579. The largest absolute Gasteiger partial charge is 0.480 e. The van der Waals surface area contributed by atoms with Crippen LogP contribution in [-0.4, -0.2) is 17.1 Å². The van der Waals surface area contributed by atoms with Gasteiger partial charge in [-0.2, -0.15) is 0 Å². The van der Waals surface area contributed by atoms with E-state index in [1.807, 2.05) is 24.3 Å². The minimum Gasteiger partial charge on any atom is -0.480 e. The summed E-state index contributed by atoms with van der Waals surface area (Å²) in [6.07, 6.45) is 1.65. The van der Waals surface area contributed by atoms with Crippen LogP contribution < -0.4 is 4.74 Å². The second-order valence-corrected chi connectivity index (χ2v) is 3.57. The summed E-state index contributed by atoms with van der Waals surface area (Å²) >= 11 is 0. The molecule has 0 aliphatic rings. The molecule has 3 aromatic rings. The van der Waals surface area contributed by atoms with E-state index in [9.17, 15) is 0 Å². The summed E-state index contributed by atoms with van der Waals surface area (Å²) in [5, 5.41) is 2.30. The van der Waals surface area contributed by atoms with Crippen molar-refractivity contribution in [3.63, 3.8) is 0 Å². The average molecular weight is 210 g/mol. The van der Waals surface area contributed by atoms with Crippen LogP contribution in [0.4, 0.5) is 0 Å². The molecule has 2 aromatic carbocycles. The maximum atomic E-state index is 5.06. The zero-order valence-corrected chi connectivity index (χ0v) is 8.84. The molecule has 0 radical (unpaired) electrons. The van der Waals surface area contributed by atoms with Crippen molar-refractivity contribution in [3.8, 4) is 5.88 Å². The lowest BCUT2D eigenvalue weighted by Gasteiger charge is -2.03. The van der Waals surface area contributed by atoms with Gasteiger partial charge in [0.05, 0.1) is 24.3 Å². The van der Waals surface area contributed by atoms with E-state index in [-0.39, 0.29) is 0 Å². The van der Waals surface area contributed by atoms with Crippen LogP contribution in [0.1, 0.15) is 0 Å². The first kappa shape index (κ1) is 9.09. The monoisotopic (exact) mass is 210 g/mol. The summed E-state index contributed by atoms with van der Waals surface area (Å²) in [4.78, 5) is 8.75. The van der Waals surface area contributed by atoms with Gasteiger partial charge in [0.2, 0.25) is 5.88 Å². The van der Waals surface area contributed by atoms with Crippen LogP contribution in [0.3, 0.4) is 0 Å². The van der Waals surface area contributed by atoms with E-state index in [0.29, 0.717) is 5.88 Å². The summed E-state index contributed by atoms with van der Waals surface area (Å²) in [5.74, 6) is 0.544. The average Bonchev–Trinajstić information content (AvgIpc) is 2.38. The molecular formula is C13H10N2O. The Morgan fingerprint density at radius 1 is 1.06 bits per heavy atom. The number of ether oxygens (including phenoxy) is 1. The lowest BCUT2D eigenvalue weighted by molar-refractivity contribution is 0.398. The normalized spacial score (nSPS) is 10.8. The van der Waals surface area contributed by atoms with Crippen LogP contribution in [-0.2, 0) is 0 Å². The summed E-state index contributed by atoms with van der Waals surface area (Å²) in [5.41, 5.74) is 1.77. The fraction of sp³-hybridized carbons (Fsp3) is 0.0769. The van der Waals surface area contributed by atoms with Crippen LogP contribution in [0, 0.1) is 0 Å². The van der Waals surface area contributed by atoms with Crippen molar-refractivity contribution >= 4 is 21.8 Å². The first-order chi connectivity index (χ1) is 7.88. The Balaban J connectivity index is 2.43. The molecular weight excluding hydrogens is 200 g/mol. The Kier molecular flexibility index (Phi) is 1.96. The number of aromatic nitrogens is 2. The molecule has 0 N–H and O–H groups in total. The molecule has 0 unspecified atom stereocenters. The molecule has 1 aromatic heterocycles. The van der Waals surface area contributed by atoms with E-state index in [0.717, 1.165) is 16.4 Å². The zero-order chi connectivity index (χ0) is 11.0. The van der Waals surface area contributed by atoms with Gasteiger partial charge in [-0.05, 0) is 11.5 Å². The van der Waals surface area contributed by atoms with Gasteiger partial charge >= 0.3 is 0 Å². The van der Waals surface area contributed by atoms with Gasteiger partial charge in [-0.25, -0.2) is 9.97 Å². The molecule has 16 heavy (non-hydrogen) atoms. The fourth-order valence-electron chi connectivity index (χ4n) is 1.84. The summed E-state index contributed by atoms with van der Waals surface area (Å²) in [6, 6.07) is 12.2. The van der Waals surface area contributed by atoms with E-state index in [1.165, 1.54) is 5.39 Å². The maximum Gasteiger partial charge on any atom is 0.232 e. The van der Waals surface area contributed by atoms with E-state index in [2.05, 4.69) is 22.1 Å². The van der Waals surface area contributed by atoms with Crippen molar-refractivity contribution in [3.05, 3.63) is 42.6 Å². The highest BCUT2D eigenvalue weighted by Gasteiger charge is 2.03. The molecule has 0 saturated heterocycles. The van der Waals surface area contributed by atoms with Gasteiger partial charge in [-0.15, -0.1) is 0 Å². The predicted molar refractivity (Wildman–Crippen MR) is 63.6 cm³/mol. The van der Waals surface area contributed by atoms with Crippen LogP contribution in [0.5, 0.6) is 5.88 Å². The smallest absolute Gasteiger partial charge is 0.232 e. The van der Waals surface area contributed by atoms with Crippen LogP contribution in [0.15, 0.2) is 42.6 Å². The van der Waals surface area contributed by atoms with Gasteiger partial charge in [-0.3, -0.25) is 0 Å². The molecule has 0 spiro atoms. The first-order valence-corrected chi connectivity index (χ1v) is 5.07. The van der Waals surface area contributed by atoms with E-state index >= 15 is 0 Å². The maximum absolute atomic E-state index is 5.06. The van der Waals surface area contributed by atoms with Gasteiger partial charge in [0.15, 0.2) is 0 Å². The molecule has 0 aliphatic carbocycles. The molecule has 78 valence electrons. The lowest BCUT2D eigenvalue weighted by atomic mass is 10.1. The Bertz CT molecular complexity index is 664. The van der Waals surface area contributed by atoms with Crippen LogP contribution in [0.2, 0.25) is 0 Å². The van der Waals surface area contributed by atoms with Crippen molar-refractivity contribution in [1.29, 1.82) is 0 Å². The fourth-order valence-corrected chi connectivity index (χ4v) is 1.84. The zero-order valence-electron chi connectivity index (χ0n) is 8.84. The van der Waals surface area contributed by atoms with Crippen molar-refractivity contribution < 1.29 is 4.74 Å². The molecule has 0 amide bonds. The molecule has 0 fully saturated rings. The molecule has 0 bridgehead atoms. The molecule has 3 rings (SSSR count). The number of nitrogens with zero attached hydrogens (tertiary/aromatic N) is 2. The number of hydrogen-bond acceptors (Lipinski definition) is 3. The molecule has 0 aliphatic heterocycles. The number of fused-ring (bicyclic) bond motifs is 3. The van der Waals surface area contributed by atoms with Gasteiger partial charge in [-0.1, -0.05) is 30.3 Å². The number of benzene rings is 2.